The molecule has 160 valence electrons. The highest BCUT2D eigenvalue weighted by molar-refractivity contribution is 6.31. The number of hydrogen-bond acceptors (Lipinski definition) is 6. The van der Waals surface area contributed by atoms with E-state index in [-0.39, 0.29) is 34.2 Å². The predicted octanol–water partition coefficient (Wildman–Crippen LogP) is 3.59. The van der Waals surface area contributed by atoms with Gasteiger partial charge >= 0.3 is 11.7 Å². The lowest BCUT2D eigenvalue weighted by Gasteiger charge is -2.18. The van der Waals surface area contributed by atoms with Crippen molar-refractivity contribution in [1.29, 1.82) is 5.26 Å². The Morgan fingerprint density at radius 3 is 2.90 bits per heavy atom. The maximum atomic E-state index is 13.0. The van der Waals surface area contributed by atoms with Gasteiger partial charge in [-0.2, -0.15) is 5.26 Å². The topological polar surface area (TPSA) is 102 Å². The third-order valence-corrected chi connectivity index (χ3v) is 6.31. The van der Waals surface area contributed by atoms with E-state index in [1.807, 2.05) is 18.2 Å². The van der Waals surface area contributed by atoms with Crippen LogP contribution in [0.15, 0.2) is 35.3 Å². The fraction of sp³-hybridized carbons (Fsp3) is 0.364. The van der Waals surface area contributed by atoms with Gasteiger partial charge in [0.25, 0.3) is 0 Å². The van der Waals surface area contributed by atoms with Crippen LogP contribution in [-0.2, 0) is 23.1 Å². The van der Waals surface area contributed by atoms with Crippen molar-refractivity contribution in [3.05, 3.63) is 51.7 Å². The van der Waals surface area contributed by atoms with E-state index in [0.717, 1.165) is 30.3 Å². The second-order valence-corrected chi connectivity index (χ2v) is 8.10. The summed E-state index contributed by atoms with van der Waals surface area (Å²) in [6, 6.07) is 9.30. The van der Waals surface area contributed by atoms with Crippen LogP contribution in [0, 0.1) is 23.2 Å². The summed E-state index contributed by atoms with van der Waals surface area (Å²) < 4.78 is 8.28. The molecule has 1 saturated carbocycles. The van der Waals surface area contributed by atoms with Crippen molar-refractivity contribution < 1.29 is 9.53 Å². The zero-order valence-corrected chi connectivity index (χ0v) is 18.0. The van der Waals surface area contributed by atoms with Crippen molar-refractivity contribution in [2.75, 3.05) is 12.4 Å². The molecule has 1 aromatic carbocycles. The molecule has 4 rings (SSSR count). The number of aryl methyl sites for hydroxylation is 1. The Balaban J connectivity index is 1.72. The molecular formula is C22H22ClN5O3. The molecule has 1 aliphatic carbocycles. The lowest BCUT2D eigenvalue weighted by atomic mass is 9.96. The summed E-state index contributed by atoms with van der Waals surface area (Å²) in [7, 11) is 3.14. The number of nitrogens with one attached hydrogen (secondary N) is 1. The number of carbonyl (C=O) groups is 1. The summed E-state index contributed by atoms with van der Waals surface area (Å²) in [4.78, 5) is 29.0. The van der Waals surface area contributed by atoms with Crippen LogP contribution in [0.4, 0.5) is 11.4 Å². The molecule has 2 heterocycles. The molecule has 2 aromatic heterocycles. The number of rotatable bonds is 5. The molecule has 0 amide bonds. The number of hydrogen-bond donors (Lipinski definition) is 1. The van der Waals surface area contributed by atoms with E-state index in [1.165, 1.54) is 13.3 Å². The number of halogens is 1. The molecule has 2 atom stereocenters. The Morgan fingerprint density at radius 2 is 2.16 bits per heavy atom. The third kappa shape index (κ3) is 3.77. The van der Waals surface area contributed by atoms with Gasteiger partial charge in [-0.05, 0) is 43.0 Å². The van der Waals surface area contributed by atoms with Crippen LogP contribution < -0.4 is 11.0 Å². The number of aromatic nitrogens is 3. The Hall–Kier alpha value is -3.31. The quantitative estimate of drug-likeness (QED) is 0.481. The van der Waals surface area contributed by atoms with E-state index in [1.54, 1.807) is 22.2 Å². The SMILES string of the molecule is COC(=O)C1CCCC1Cn1c(=O)n(C)c2ccc(Nc3ccnc(Cl)c3C#N)cc21. The molecular weight excluding hydrogens is 418 g/mol. The number of methoxy groups -OCH3 is 1. The van der Waals surface area contributed by atoms with Gasteiger partial charge in [0, 0.05) is 25.5 Å². The molecule has 1 fully saturated rings. The molecule has 8 nitrogen and oxygen atoms in total. The fourth-order valence-electron chi connectivity index (χ4n) is 4.42. The molecule has 0 saturated heterocycles. The first-order valence-corrected chi connectivity index (χ1v) is 10.4. The standard InChI is InChI=1S/C22H22ClN5O3/c1-27-18-7-6-14(26-17-8-9-25-20(23)16(17)11-24)10-19(18)28(22(27)30)12-13-4-3-5-15(13)21(29)31-2/h6-10,13,15H,3-5,12H2,1-2H3,(H,25,26). The van der Waals surface area contributed by atoms with Crippen LogP contribution in [0.1, 0.15) is 24.8 Å². The van der Waals surface area contributed by atoms with Crippen molar-refractivity contribution in [1.82, 2.24) is 14.1 Å². The van der Waals surface area contributed by atoms with Gasteiger partial charge in [-0.15, -0.1) is 0 Å². The third-order valence-electron chi connectivity index (χ3n) is 6.02. The highest BCUT2D eigenvalue weighted by atomic mass is 35.5. The van der Waals surface area contributed by atoms with Crippen LogP contribution in [-0.4, -0.2) is 27.2 Å². The Labute approximate surface area is 184 Å². The number of benzene rings is 1. The Bertz CT molecular complexity index is 1260. The van der Waals surface area contributed by atoms with Crippen molar-refractivity contribution in [2.45, 2.75) is 25.8 Å². The molecule has 31 heavy (non-hydrogen) atoms. The van der Waals surface area contributed by atoms with E-state index in [0.29, 0.717) is 17.9 Å². The predicted molar refractivity (Wildman–Crippen MR) is 117 cm³/mol. The van der Waals surface area contributed by atoms with Gasteiger partial charge in [-0.1, -0.05) is 18.0 Å². The van der Waals surface area contributed by atoms with Gasteiger partial charge in [-0.3, -0.25) is 13.9 Å². The van der Waals surface area contributed by atoms with Gasteiger partial charge in [0.2, 0.25) is 0 Å². The average molecular weight is 440 g/mol. The minimum absolute atomic E-state index is 0.0524. The smallest absolute Gasteiger partial charge is 0.328 e. The number of esters is 1. The van der Waals surface area contributed by atoms with E-state index in [4.69, 9.17) is 16.3 Å². The van der Waals surface area contributed by atoms with Crippen LogP contribution in [0.5, 0.6) is 0 Å². The van der Waals surface area contributed by atoms with Gasteiger partial charge in [0.05, 0.1) is 29.7 Å². The zero-order chi connectivity index (χ0) is 22.1. The lowest BCUT2D eigenvalue weighted by Crippen LogP contribution is -2.29. The minimum atomic E-state index is -0.211. The number of ether oxygens (including phenoxy) is 1. The first-order valence-electron chi connectivity index (χ1n) is 10.0. The summed E-state index contributed by atoms with van der Waals surface area (Å²) in [6.45, 7) is 0.448. The van der Waals surface area contributed by atoms with Crippen LogP contribution in [0.3, 0.4) is 0 Å². The molecule has 1 aliphatic rings. The summed E-state index contributed by atoms with van der Waals surface area (Å²) in [6.07, 6.45) is 4.12. The van der Waals surface area contributed by atoms with Crippen LogP contribution in [0.2, 0.25) is 5.15 Å². The number of carbonyl (C=O) groups excluding carboxylic acids is 1. The summed E-state index contributed by atoms with van der Waals surface area (Å²) in [5.74, 6) is -0.348. The molecule has 0 aliphatic heterocycles. The summed E-state index contributed by atoms with van der Waals surface area (Å²) in [5, 5.41) is 12.7. The lowest BCUT2D eigenvalue weighted by molar-refractivity contribution is -0.146. The molecule has 1 N–H and O–H groups in total. The largest absolute Gasteiger partial charge is 0.469 e. The molecule has 2 unspecified atom stereocenters. The van der Waals surface area contributed by atoms with Gasteiger partial charge in [0.15, 0.2) is 0 Å². The highest BCUT2D eigenvalue weighted by Crippen LogP contribution is 2.34. The van der Waals surface area contributed by atoms with Crippen molar-refractivity contribution >= 4 is 40.0 Å². The number of anilines is 2. The monoisotopic (exact) mass is 439 g/mol. The Kier molecular flexibility index (Phi) is 5.70. The normalized spacial score (nSPS) is 18.1. The van der Waals surface area contributed by atoms with Crippen molar-refractivity contribution in [3.8, 4) is 6.07 Å². The van der Waals surface area contributed by atoms with Gasteiger partial charge in [-0.25, -0.2) is 9.78 Å². The number of pyridine rings is 1. The van der Waals surface area contributed by atoms with E-state index >= 15 is 0 Å². The molecule has 9 heteroatoms. The number of nitrogens with zero attached hydrogens (tertiary/aromatic N) is 4. The molecule has 0 bridgehead atoms. The van der Waals surface area contributed by atoms with E-state index < -0.39 is 0 Å². The first-order chi connectivity index (χ1) is 14.9. The summed E-state index contributed by atoms with van der Waals surface area (Å²) >= 11 is 6.03. The minimum Gasteiger partial charge on any atom is -0.469 e. The highest BCUT2D eigenvalue weighted by Gasteiger charge is 2.34. The summed E-state index contributed by atoms with van der Waals surface area (Å²) in [5.41, 5.74) is 2.91. The first kappa shape index (κ1) is 20.9. The number of nitriles is 1. The second kappa shape index (κ2) is 8.44. The zero-order valence-electron chi connectivity index (χ0n) is 17.3. The molecule has 0 spiro atoms. The van der Waals surface area contributed by atoms with Gasteiger partial charge < -0.3 is 10.1 Å². The number of imidazole rings is 1. The maximum Gasteiger partial charge on any atom is 0.328 e. The van der Waals surface area contributed by atoms with Crippen molar-refractivity contribution in [3.63, 3.8) is 0 Å². The second-order valence-electron chi connectivity index (χ2n) is 7.74. The van der Waals surface area contributed by atoms with E-state index in [9.17, 15) is 14.9 Å². The van der Waals surface area contributed by atoms with Crippen LogP contribution >= 0.6 is 11.6 Å². The maximum absolute atomic E-state index is 13.0. The average Bonchev–Trinajstić information content (AvgIpc) is 3.32. The molecule has 3 aromatic rings. The van der Waals surface area contributed by atoms with E-state index in [2.05, 4.69) is 16.4 Å². The van der Waals surface area contributed by atoms with Crippen molar-refractivity contribution in [2.24, 2.45) is 18.9 Å². The fourth-order valence-corrected chi connectivity index (χ4v) is 4.62. The Morgan fingerprint density at radius 1 is 1.35 bits per heavy atom. The van der Waals surface area contributed by atoms with Gasteiger partial charge in [0.1, 0.15) is 16.8 Å². The van der Waals surface area contributed by atoms with Crippen LogP contribution in [0.25, 0.3) is 11.0 Å². The molecule has 0 radical (unpaired) electrons. The number of fused-ring (bicyclic) bond motifs is 1.